The molecule has 7 heteroatoms. The molecule has 2 heterocycles. The number of piperazine rings is 1. The number of thioether (sulfide) groups is 1. The quantitative estimate of drug-likeness (QED) is 0.545. The van der Waals surface area contributed by atoms with Gasteiger partial charge in [-0.15, -0.1) is 11.8 Å². The fourth-order valence-electron chi connectivity index (χ4n) is 4.06. The molecule has 1 aliphatic rings. The van der Waals surface area contributed by atoms with Crippen LogP contribution < -0.4 is 5.56 Å². The molecular formula is C24H28FN3O2S. The normalized spacial score (nSPS) is 15.5. The molecule has 1 aromatic heterocycles. The van der Waals surface area contributed by atoms with Crippen LogP contribution in [0.5, 0.6) is 0 Å². The number of halogens is 1. The van der Waals surface area contributed by atoms with Gasteiger partial charge in [0.2, 0.25) is 0 Å². The number of rotatable bonds is 8. The molecule has 3 aromatic rings. The van der Waals surface area contributed by atoms with Gasteiger partial charge in [0.15, 0.2) is 0 Å². The summed E-state index contributed by atoms with van der Waals surface area (Å²) in [7, 11) is 0. The number of hydrogen-bond donors (Lipinski definition) is 1. The fraction of sp³-hybridized carbons (Fsp3) is 0.375. The van der Waals surface area contributed by atoms with Crippen LogP contribution in [0.4, 0.5) is 4.39 Å². The second-order valence-corrected chi connectivity index (χ2v) is 9.00. The van der Waals surface area contributed by atoms with Crippen LogP contribution in [-0.2, 0) is 13.1 Å². The highest BCUT2D eigenvalue weighted by atomic mass is 32.2. The lowest BCUT2D eigenvalue weighted by atomic mass is 10.1. The first-order valence-corrected chi connectivity index (χ1v) is 11.7. The highest BCUT2D eigenvalue weighted by molar-refractivity contribution is 7.99. The largest absolute Gasteiger partial charge is 0.395 e. The Bertz CT molecular complexity index is 1070. The predicted molar refractivity (Wildman–Crippen MR) is 124 cm³/mol. The van der Waals surface area contributed by atoms with Gasteiger partial charge in [0.1, 0.15) is 5.82 Å². The van der Waals surface area contributed by atoms with Gasteiger partial charge in [-0.25, -0.2) is 4.39 Å². The van der Waals surface area contributed by atoms with E-state index < -0.39 is 0 Å². The van der Waals surface area contributed by atoms with Crippen molar-refractivity contribution in [2.24, 2.45) is 0 Å². The van der Waals surface area contributed by atoms with Crippen molar-refractivity contribution in [2.75, 3.05) is 45.1 Å². The smallest absolute Gasteiger partial charge is 0.255 e. The molecule has 0 amide bonds. The zero-order valence-electron chi connectivity index (χ0n) is 17.5. The Balaban J connectivity index is 1.54. The van der Waals surface area contributed by atoms with Crippen molar-refractivity contribution >= 4 is 22.7 Å². The van der Waals surface area contributed by atoms with Crippen LogP contribution >= 0.6 is 11.8 Å². The highest BCUT2D eigenvalue weighted by Gasteiger charge is 2.19. The Labute approximate surface area is 186 Å². The number of nitrogens with zero attached hydrogens (tertiary/aromatic N) is 3. The number of fused-ring (bicyclic) bond motifs is 1. The number of hydrogen-bond acceptors (Lipinski definition) is 5. The third-order valence-corrected chi connectivity index (χ3v) is 6.73. The van der Waals surface area contributed by atoms with Crippen molar-refractivity contribution in [3.05, 3.63) is 76.3 Å². The number of aliphatic hydroxyl groups excluding tert-OH is 1. The highest BCUT2D eigenvalue weighted by Crippen LogP contribution is 2.20. The summed E-state index contributed by atoms with van der Waals surface area (Å²) >= 11 is 1.69. The monoisotopic (exact) mass is 441 g/mol. The lowest BCUT2D eigenvalue weighted by molar-refractivity contribution is 0.108. The van der Waals surface area contributed by atoms with Gasteiger partial charge in [0.05, 0.1) is 12.1 Å². The minimum Gasteiger partial charge on any atom is -0.395 e. The molecule has 0 bridgehead atoms. The van der Waals surface area contributed by atoms with Gasteiger partial charge in [-0.3, -0.25) is 14.6 Å². The van der Waals surface area contributed by atoms with Gasteiger partial charge >= 0.3 is 0 Å². The van der Waals surface area contributed by atoms with Crippen LogP contribution in [0.25, 0.3) is 10.9 Å². The molecule has 0 unspecified atom stereocenters. The van der Waals surface area contributed by atoms with Gasteiger partial charge in [-0.2, -0.15) is 0 Å². The van der Waals surface area contributed by atoms with Gasteiger partial charge in [-0.05, 0) is 41.8 Å². The summed E-state index contributed by atoms with van der Waals surface area (Å²) in [5.74, 6) is 0.405. The number of β-amino-alcohol motifs (C(OH)–C–C–N with tert-alkyl or cyclic N) is 1. The van der Waals surface area contributed by atoms with E-state index in [0.29, 0.717) is 25.2 Å². The first-order valence-electron chi connectivity index (χ1n) is 10.7. The van der Waals surface area contributed by atoms with Crippen LogP contribution in [0.1, 0.15) is 5.56 Å². The molecule has 1 aliphatic heterocycles. The lowest BCUT2D eigenvalue weighted by Crippen LogP contribution is -2.47. The van der Waals surface area contributed by atoms with E-state index in [4.69, 9.17) is 5.11 Å². The Kier molecular flexibility index (Phi) is 7.40. The molecule has 0 atom stereocenters. The van der Waals surface area contributed by atoms with E-state index in [2.05, 4.69) is 21.9 Å². The standard InChI is InChI=1S/C24H28FN3O2S/c25-21-7-6-19-16-20(18-27-10-8-26(9-11-27)12-14-29)24(30)28(23(19)17-21)13-15-31-22-4-2-1-3-5-22/h1-7,16-17,29H,8-15,18H2. The summed E-state index contributed by atoms with van der Waals surface area (Å²) in [6, 6.07) is 16.7. The molecule has 0 spiro atoms. The lowest BCUT2D eigenvalue weighted by Gasteiger charge is -2.34. The summed E-state index contributed by atoms with van der Waals surface area (Å²) in [5.41, 5.74) is 1.36. The van der Waals surface area contributed by atoms with E-state index in [0.717, 1.165) is 47.8 Å². The Morgan fingerprint density at radius 1 is 0.935 bits per heavy atom. The fourth-order valence-corrected chi connectivity index (χ4v) is 4.92. The van der Waals surface area contributed by atoms with E-state index in [1.807, 2.05) is 24.3 Å². The van der Waals surface area contributed by atoms with Crippen molar-refractivity contribution in [1.29, 1.82) is 0 Å². The summed E-state index contributed by atoms with van der Waals surface area (Å²) < 4.78 is 15.7. The number of pyridine rings is 1. The zero-order valence-corrected chi connectivity index (χ0v) is 18.4. The van der Waals surface area contributed by atoms with Crippen LogP contribution in [-0.4, -0.2) is 64.6 Å². The van der Waals surface area contributed by atoms with Crippen molar-refractivity contribution in [3.63, 3.8) is 0 Å². The summed E-state index contributed by atoms with van der Waals surface area (Å²) in [5, 5.41) is 10.0. The maximum Gasteiger partial charge on any atom is 0.255 e. The Hall–Kier alpha value is -2.19. The topological polar surface area (TPSA) is 48.7 Å². The van der Waals surface area contributed by atoms with Gasteiger partial charge in [-0.1, -0.05) is 18.2 Å². The number of aliphatic hydroxyl groups is 1. The molecule has 4 rings (SSSR count). The third kappa shape index (κ3) is 5.54. The average molecular weight is 442 g/mol. The molecule has 2 aromatic carbocycles. The number of aromatic nitrogens is 1. The Morgan fingerprint density at radius 3 is 2.42 bits per heavy atom. The second-order valence-electron chi connectivity index (χ2n) is 7.83. The second kappa shape index (κ2) is 10.4. The molecule has 1 saturated heterocycles. The molecule has 31 heavy (non-hydrogen) atoms. The van der Waals surface area contributed by atoms with Crippen LogP contribution in [0.3, 0.4) is 0 Å². The van der Waals surface area contributed by atoms with E-state index in [9.17, 15) is 9.18 Å². The summed E-state index contributed by atoms with van der Waals surface area (Å²) in [6.45, 7) is 5.49. The van der Waals surface area contributed by atoms with E-state index >= 15 is 0 Å². The third-order valence-electron chi connectivity index (χ3n) is 5.73. The van der Waals surface area contributed by atoms with Crippen molar-refractivity contribution in [2.45, 2.75) is 18.0 Å². The van der Waals surface area contributed by atoms with Gasteiger partial charge in [0, 0.05) is 62.0 Å². The molecule has 164 valence electrons. The minimum atomic E-state index is -0.330. The predicted octanol–water partition coefficient (Wildman–Crippen LogP) is 3.04. The average Bonchev–Trinajstić information content (AvgIpc) is 2.79. The first kappa shape index (κ1) is 22.0. The molecule has 0 aliphatic carbocycles. The molecule has 1 N–H and O–H groups in total. The zero-order chi connectivity index (χ0) is 21.6. The molecule has 0 radical (unpaired) electrons. The van der Waals surface area contributed by atoms with E-state index in [1.54, 1.807) is 22.4 Å². The maximum atomic E-state index is 14.0. The van der Waals surface area contributed by atoms with Gasteiger partial charge < -0.3 is 9.67 Å². The molecule has 0 saturated carbocycles. The van der Waals surface area contributed by atoms with Gasteiger partial charge in [0.25, 0.3) is 5.56 Å². The maximum absolute atomic E-state index is 14.0. The van der Waals surface area contributed by atoms with Crippen molar-refractivity contribution in [1.82, 2.24) is 14.4 Å². The molecular weight excluding hydrogens is 413 g/mol. The number of aryl methyl sites for hydroxylation is 1. The minimum absolute atomic E-state index is 0.0375. The summed E-state index contributed by atoms with van der Waals surface area (Å²) in [6.07, 6.45) is 0. The van der Waals surface area contributed by atoms with E-state index in [1.165, 1.54) is 12.1 Å². The van der Waals surface area contributed by atoms with Crippen LogP contribution in [0.2, 0.25) is 0 Å². The first-order chi connectivity index (χ1) is 15.1. The Morgan fingerprint density at radius 2 is 1.68 bits per heavy atom. The molecule has 5 nitrogen and oxygen atoms in total. The van der Waals surface area contributed by atoms with Crippen molar-refractivity contribution in [3.8, 4) is 0 Å². The van der Waals surface area contributed by atoms with Crippen molar-refractivity contribution < 1.29 is 9.50 Å². The SMILES string of the molecule is O=c1c(CN2CCN(CCO)CC2)cc2ccc(F)cc2n1CCSc1ccccc1. The molecule has 1 fully saturated rings. The number of benzene rings is 2. The van der Waals surface area contributed by atoms with Crippen LogP contribution in [0.15, 0.2) is 64.3 Å². The summed E-state index contributed by atoms with van der Waals surface area (Å²) in [4.78, 5) is 19.0. The van der Waals surface area contributed by atoms with Crippen LogP contribution in [0, 0.1) is 5.82 Å². The van der Waals surface area contributed by atoms with E-state index in [-0.39, 0.29) is 18.0 Å².